The zero-order chi connectivity index (χ0) is 15.4. The van der Waals surface area contributed by atoms with Gasteiger partial charge >= 0.3 is 0 Å². The monoisotopic (exact) mass is 312 g/mol. The van der Waals surface area contributed by atoms with Crippen LogP contribution in [-0.2, 0) is 11.3 Å². The summed E-state index contributed by atoms with van der Waals surface area (Å²) in [7, 11) is 0. The van der Waals surface area contributed by atoms with Crippen molar-refractivity contribution in [2.75, 3.05) is 6.61 Å². The Morgan fingerprint density at radius 1 is 1.32 bits per heavy atom. The predicted molar refractivity (Wildman–Crippen MR) is 91.7 cm³/mol. The first-order valence-electron chi connectivity index (χ1n) is 7.50. The van der Waals surface area contributed by atoms with E-state index in [0.29, 0.717) is 13.0 Å². The van der Waals surface area contributed by atoms with E-state index in [2.05, 4.69) is 30.9 Å². The molecule has 1 aliphatic rings. The zero-order valence-corrected chi connectivity index (χ0v) is 13.3. The number of aliphatic hydroxyl groups is 1. The largest absolute Gasteiger partial charge is 0.387 e. The molecule has 2 heterocycles. The van der Waals surface area contributed by atoms with Gasteiger partial charge in [0.1, 0.15) is 0 Å². The van der Waals surface area contributed by atoms with Gasteiger partial charge in [0.2, 0.25) is 0 Å². The van der Waals surface area contributed by atoms with E-state index in [-0.39, 0.29) is 0 Å². The molecule has 1 aromatic carbocycles. The molecule has 3 heteroatoms. The van der Waals surface area contributed by atoms with Crippen LogP contribution in [0.3, 0.4) is 0 Å². The number of ether oxygens (including phenoxy) is 1. The number of fused-ring (bicyclic) bond motifs is 1. The Labute approximate surface area is 135 Å². The lowest BCUT2D eigenvalue weighted by Crippen LogP contribution is -1.96. The normalized spacial score (nSPS) is 17.8. The van der Waals surface area contributed by atoms with Crippen molar-refractivity contribution in [3.63, 3.8) is 0 Å². The molecule has 3 rings (SSSR count). The fourth-order valence-corrected chi connectivity index (χ4v) is 3.46. The van der Waals surface area contributed by atoms with Crippen LogP contribution in [0.2, 0.25) is 0 Å². The van der Waals surface area contributed by atoms with Gasteiger partial charge in [-0.15, -0.1) is 11.3 Å². The van der Waals surface area contributed by atoms with Crippen molar-refractivity contribution in [3.8, 4) is 0 Å². The van der Waals surface area contributed by atoms with Gasteiger partial charge in [0.05, 0.1) is 19.3 Å². The molecule has 0 spiro atoms. The molecule has 1 atom stereocenters. The molecule has 2 nitrogen and oxygen atoms in total. The molecule has 22 heavy (non-hydrogen) atoms. The van der Waals surface area contributed by atoms with Crippen LogP contribution in [0.4, 0.5) is 0 Å². The summed E-state index contributed by atoms with van der Waals surface area (Å²) in [5.74, 6) is 0. The van der Waals surface area contributed by atoms with Gasteiger partial charge in [-0.2, -0.15) is 0 Å². The maximum Gasteiger partial charge on any atom is 0.0921 e. The fraction of sp³-hybridized carbons (Fsp3) is 0.263. The van der Waals surface area contributed by atoms with Crippen molar-refractivity contribution in [1.29, 1.82) is 0 Å². The first-order valence-corrected chi connectivity index (χ1v) is 8.38. The summed E-state index contributed by atoms with van der Waals surface area (Å²) in [6, 6.07) is 12.3. The molecule has 114 valence electrons. The highest BCUT2D eigenvalue weighted by Crippen LogP contribution is 2.30. The van der Waals surface area contributed by atoms with Crippen molar-refractivity contribution >= 4 is 16.9 Å². The van der Waals surface area contributed by atoms with Crippen LogP contribution >= 0.6 is 11.3 Å². The molecule has 1 aromatic heterocycles. The van der Waals surface area contributed by atoms with E-state index in [9.17, 15) is 5.11 Å². The number of hydrogen-bond donors (Lipinski definition) is 1. The summed E-state index contributed by atoms with van der Waals surface area (Å²) in [6.07, 6.45) is 3.09. The van der Waals surface area contributed by atoms with E-state index in [1.807, 2.05) is 23.6 Å². The number of benzene rings is 1. The molecule has 1 aliphatic heterocycles. The van der Waals surface area contributed by atoms with Crippen molar-refractivity contribution in [2.45, 2.75) is 25.6 Å². The average molecular weight is 312 g/mol. The predicted octanol–water partition coefficient (Wildman–Crippen LogP) is 4.73. The lowest BCUT2D eigenvalue weighted by molar-refractivity contribution is 0.130. The molecule has 0 saturated heterocycles. The lowest BCUT2D eigenvalue weighted by atomic mass is 9.95. The van der Waals surface area contributed by atoms with Crippen LogP contribution in [0.15, 0.2) is 60.0 Å². The summed E-state index contributed by atoms with van der Waals surface area (Å²) in [5, 5.41) is 12.2. The smallest absolute Gasteiger partial charge is 0.0921 e. The number of thiophene rings is 1. The maximum atomic E-state index is 10.3. The van der Waals surface area contributed by atoms with Gasteiger partial charge in [-0.25, -0.2) is 0 Å². The average Bonchev–Trinajstić information content (AvgIpc) is 2.98. The Balaban J connectivity index is 1.78. The van der Waals surface area contributed by atoms with Crippen molar-refractivity contribution in [2.24, 2.45) is 0 Å². The van der Waals surface area contributed by atoms with Crippen LogP contribution in [0.1, 0.15) is 34.9 Å². The summed E-state index contributed by atoms with van der Waals surface area (Å²) in [6.45, 7) is 5.52. The van der Waals surface area contributed by atoms with Gasteiger partial charge < -0.3 is 9.84 Å². The second-order valence-electron chi connectivity index (χ2n) is 5.52. The maximum absolute atomic E-state index is 10.3. The molecule has 1 unspecified atom stereocenters. The van der Waals surface area contributed by atoms with E-state index >= 15 is 0 Å². The molecule has 0 radical (unpaired) electrons. The van der Waals surface area contributed by atoms with Crippen LogP contribution in [0.25, 0.3) is 5.57 Å². The highest BCUT2D eigenvalue weighted by Gasteiger charge is 2.14. The lowest BCUT2D eigenvalue weighted by Gasteiger charge is -2.11. The molecular formula is C19H20O2S. The van der Waals surface area contributed by atoms with Crippen molar-refractivity contribution in [3.05, 3.63) is 76.0 Å². The van der Waals surface area contributed by atoms with Gasteiger partial charge in [-0.1, -0.05) is 48.6 Å². The van der Waals surface area contributed by atoms with Crippen LogP contribution in [-0.4, -0.2) is 11.7 Å². The number of rotatable bonds is 4. The van der Waals surface area contributed by atoms with Gasteiger partial charge in [0.25, 0.3) is 0 Å². The standard InChI is InChI=1S/C19H20O2S/c1-14(12-18(20)19-7-4-10-22-19)11-15-8-9-21-13-16-5-2-3-6-17(15)16/h2-7,10-11,18,20H,1,8-9,12-13H2/b15-11-. The van der Waals surface area contributed by atoms with Gasteiger partial charge in [-0.3, -0.25) is 0 Å². The SMILES string of the molecule is C=C(/C=C1/CCOCc2ccccc21)CC(O)c1cccs1. The van der Waals surface area contributed by atoms with Crippen molar-refractivity contribution in [1.82, 2.24) is 0 Å². The van der Waals surface area contributed by atoms with Gasteiger partial charge in [0, 0.05) is 11.3 Å². The minimum Gasteiger partial charge on any atom is -0.387 e. The van der Waals surface area contributed by atoms with E-state index in [1.165, 1.54) is 16.7 Å². The third-order valence-corrected chi connectivity index (χ3v) is 4.82. The van der Waals surface area contributed by atoms with E-state index < -0.39 is 6.10 Å². The summed E-state index contributed by atoms with van der Waals surface area (Å²) < 4.78 is 5.65. The van der Waals surface area contributed by atoms with Crippen LogP contribution in [0, 0.1) is 0 Å². The van der Waals surface area contributed by atoms with Gasteiger partial charge in [0.15, 0.2) is 0 Å². The minimum absolute atomic E-state index is 0.471. The molecule has 2 aromatic rings. The first-order chi connectivity index (χ1) is 10.7. The molecule has 0 saturated carbocycles. The van der Waals surface area contributed by atoms with Crippen LogP contribution in [0.5, 0.6) is 0 Å². The highest BCUT2D eigenvalue weighted by atomic mass is 32.1. The highest BCUT2D eigenvalue weighted by molar-refractivity contribution is 7.10. The topological polar surface area (TPSA) is 29.5 Å². The summed E-state index contributed by atoms with van der Waals surface area (Å²) >= 11 is 1.58. The van der Waals surface area contributed by atoms with E-state index in [1.54, 1.807) is 11.3 Å². The molecular weight excluding hydrogens is 292 g/mol. The van der Waals surface area contributed by atoms with E-state index in [4.69, 9.17) is 4.74 Å². The Morgan fingerprint density at radius 2 is 2.18 bits per heavy atom. The molecule has 0 fully saturated rings. The summed E-state index contributed by atoms with van der Waals surface area (Å²) in [5.41, 5.74) is 4.66. The third-order valence-electron chi connectivity index (χ3n) is 3.84. The molecule has 1 N–H and O–H groups in total. The van der Waals surface area contributed by atoms with Gasteiger partial charge in [-0.05, 0) is 34.6 Å². The fourth-order valence-electron chi connectivity index (χ4n) is 2.74. The van der Waals surface area contributed by atoms with Crippen molar-refractivity contribution < 1.29 is 9.84 Å². The minimum atomic E-state index is -0.471. The second kappa shape index (κ2) is 7.05. The van der Waals surface area contributed by atoms with Crippen LogP contribution < -0.4 is 0 Å². The number of hydrogen-bond acceptors (Lipinski definition) is 3. The third kappa shape index (κ3) is 3.55. The molecule has 0 aliphatic carbocycles. The van der Waals surface area contributed by atoms with E-state index in [0.717, 1.165) is 23.5 Å². The first kappa shape index (κ1) is 15.2. The molecule has 0 amide bonds. The number of aliphatic hydroxyl groups excluding tert-OH is 1. The molecule has 0 bridgehead atoms. The quantitative estimate of drug-likeness (QED) is 0.884. The second-order valence-corrected chi connectivity index (χ2v) is 6.50. The Hall–Kier alpha value is -1.68. The zero-order valence-electron chi connectivity index (χ0n) is 12.5. The summed E-state index contributed by atoms with van der Waals surface area (Å²) in [4.78, 5) is 0.990. The number of allylic oxidation sites excluding steroid dienone is 1. The Bertz CT molecular complexity index is 671. The Morgan fingerprint density at radius 3 is 3.00 bits per heavy atom. The Kier molecular flexibility index (Phi) is 4.88.